The fraction of sp³-hybridized carbons (Fsp3) is 0.143. The molecule has 0 spiro atoms. The van der Waals surface area contributed by atoms with Crippen LogP contribution in [0.15, 0.2) is 66.9 Å². The summed E-state index contributed by atoms with van der Waals surface area (Å²) in [7, 11) is 0. The molecule has 2 aromatic carbocycles. The highest BCUT2D eigenvalue weighted by molar-refractivity contribution is 6.04. The Morgan fingerprint density at radius 3 is 2.20 bits per heavy atom. The molecule has 1 aromatic heterocycles. The second kappa shape index (κ2) is 7.26. The Morgan fingerprint density at radius 1 is 0.960 bits per heavy atom. The molecule has 0 bridgehead atoms. The number of carbonyl (C=O) groups excluding carboxylic acids is 1. The van der Waals surface area contributed by atoms with Crippen molar-refractivity contribution in [1.29, 1.82) is 0 Å². The van der Waals surface area contributed by atoms with Gasteiger partial charge in [-0.1, -0.05) is 26.0 Å². The Kier molecular flexibility index (Phi) is 4.89. The summed E-state index contributed by atoms with van der Waals surface area (Å²) in [5.41, 5.74) is 3.94. The summed E-state index contributed by atoms with van der Waals surface area (Å²) in [5.74, 6) is -0.0494. The van der Waals surface area contributed by atoms with E-state index in [2.05, 4.69) is 24.1 Å². The number of anilines is 1. The molecule has 126 valence electrons. The highest BCUT2D eigenvalue weighted by atomic mass is 19.1. The summed E-state index contributed by atoms with van der Waals surface area (Å²) in [6, 6.07) is 17.4. The van der Waals surface area contributed by atoms with Crippen LogP contribution in [0.2, 0.25) is 0 Å². The Hall–Kier alpha value is -3.01. The first-order valence-electron chi connectivity index (χ1n) is 8.16. The van der Waals surface area contributed by atoms with Crippen LogP contribution in [0.3, 0.4) is 0 Å². The summed E-state index contributed by atoms with van der Waals surface area (Å²) >= 11 is 0. The minimum absolute atomic E-state index is 0.213. The first-order valence-corrected chi connectivity index (χ1v) is 8.16. The summed E-state index contributed by atoms with van der Waals surface area (Å²) in [6.07, 6.45) is 1.52. The molecule has 1 N–H and O–H groups in total. The standard InChI is InChI=1S/C21H19FN2O/c1-14(2)15-5-10-19(11-6-15)24-21(25)17-7-12-20(23-13-17)16-3-8-18(22)9-4-16/h3-14H,1-2H3,(H,24,25). The number of aromatic nitrogens is 1. The third kappa shape index (κ3) is 4.10. The van der Waals surface area contributed by atoms with Gasteiger partial charge in [0.05, 0.1) is 11.3 Å². The van der Waals surface area contributed by atoms with E-state index in [9.17, 15) is 9.18 Å². The van der Waals surface area contributed by atoms with E-state index >= 15 is 0 Å². The van der Waals surface area contributed by atoms with E-state index in [1.165, 1.54) is 23.9 Å². The molecule has 0 atom stereocenters. The zero-order valence-electron chi connectivity index (χ0n) is 14.2. The number of halogens is 1. The smallest absolute Gasteiger partial charge is 0.257 e. The first-order chi connectivity index (χ1) is 12.0. The molecular weight excluding hydrogens is 315 g/mol. The molecule has 1 heterocycles. The van der Waals surface area contributed by atoms with Crippen molar-refractivity contribution in [2.24, 2.45) is 0 Å². The molecule has 0 aliphatic carbocycles. The van der Waals surface area contributed by atoms with E-state index < -0.39 is 0 Å². The van der Waals surface area contributed by atoms with Crippen molar-refractivity contribution in [3.63, 3.8) is 0 Å². The van der Waals surface area contributed by atoms with Gasteiger partial charge in [0.1, 0.15) is 5.82 Å². The van der Waals surface area contributed by atoms with Gasteiger partial charge in [-0.05, 0) is 60.0 Å². The molecule has 0 saturated heterocycles. The zero-order chi connectivity index (χ0) is 17.8. The second-order valence-corrected chi connectivity index (χ2v) is 6.17. The van der Waals surface area contributed by atoms with Gasteiger partial charge in [0.25, 0.3) is 5.91 Å². The average Bonchev–Trinajstić information content (AvgIpc) is 2.63. The van der Waals surface area contributed by atoms with Gasteiger partial charge in [-0.3, -0.25) is 9.78 Å². The lowest BCUT2D eigenvalue weighted by Gasteiger charge is -2.09. The van der Waals surface area contributed by atoms with Crippen molar-refractivity contribution in [2.75, 3.05) is 5.32 Å². The quantitative estimate of drug-likeness (QED) is 0.707. The van der Waals surface area contributed by atoms with E-state index in [1.807, 2.05) is 24.3 Å². The monoisotopic (exact) mass is 334 g/mol. The van der Waals surface area contributed by atoms with E-state index in [0.717, 1.165) is 11.3 Å². The molecule has 0 radical (unpaired) electrons. The minimum atomic E-state index is -0.289. The summed E-state index contributed by atoms with van der Waals surface area (Å²) in [5, 5.41) is 2.86. The molecular formula is C21H19FN2O. The predicted molar refractivity (Wildman–Crippen MR) is 98.1 cm³/mol. The third-order valence-corrected chi connectivity index (χ3v) is 4.00. The number of hydrogen-bond donors (Lipinski definition) is 1. The molecule has 4 heteroatoms. The molecule has 1 amide bonds. The van der Waals surface area contributed by atoms with Gasteiger partial charge in [-0.2, -0.15) is 0 Å². The predicted octanol–water partition coefficient (Wildman–Crippen LogP) is 5.26. The molecule has 0 aliphatic heterocycles. The summed E-state index contributed by atoms with van der Waals surface area (Å²) in [6.45, 7) is 4.25. The van der Waals surface area contributed by atoms with Gasteiger partial charge >= 0.3 is 0 Å². The highest BCUT2D eigenvalue weighted by Crippen LogP contribution is 2.19. The molecule has 0 unspecified atom stereocenters. The maximum Gasteiger partial charge on any atom is 0.257 e. The van der Waals surface area contributed by atoms with Crippen molar-refractivity contribution < 1.29 is 9.18 Å². The van der Waals surface area contributed by atoms with Crippen molar-refractivity contribution in [1.82, 2.24) is 4.98 Å². The number of nitrogens with one attached hydrogen (secondary N) is 1. The first kappa shape index (κ1) is 16.8. The molecule has 0 aliphatic rings. The van der Waals surface area contributed by atoms with E-state index in [-0.39, 0.29) is 11.7 Å². The molecule has 25 heavy (non-hydrogen) atoms. The fourth-order valence-electron chi connectivity index (χ4n) is 2.47. The van der Waals surface area contributed by atoms with Crippen LogP contribution in [0.4, 0.5) is 10.1 Å². The number of hydrogen-bond acceptors (Lipinski definition) is 2. The zero-order valence-corrected chi connectivity index (χ0v) is 14.2. The maximum absolute atomic E-state index is 13.0. The lowest BCUT2D eigenvalue weighted by Crippen LogP contribution is -2.12. The van der Waals surface area contributed by atoms with Crippen LogP contribution in [0.25, 0.3) is 11.3 Å². The van der Waals surface area contributed by atoms with Gasteiger partial charge in [-0.25, -0.2) is 4.39 Å². The molecule has 3 nitrogen and oxygen atoms in total. The van der Waals surface area contributed by atoms with Gasteiger partial charge in [-0.15, -0.1) is 0 Å². The minimum Gasteiger partial charge on any atom is -0.322 e. The Balaban J connectivity index is 1.71. The third-order valence-electron chi connectivity index (χ3n) is 4.00. The average molecular weight is 334 g/mol. The van der Waals surface area contributed by atoms with Crippen molar-refractivity contribution in [3.8, 4) is 11.3 Å². The van der Waals surface area contributed by atoms with Gasteiger partial charge in [0.15, 0.2) is 0 Å². The van der Waals surface area contributed by atoms with Crippen LogP contribution >= 0.6 is 0 Å². The number of nitrogens with zero attached hydrogens (tertiary/aromatic N) is 1. The number of pyridine rings is 1. The Labute approximate surface area is 146 Å². The molecule has 3 aromatic rings. The Morgan fingerprint density at radius 2 is 1.64 bits per heavy atom. The van der Waals surface area contributed by atoms with Crippen LogP contribution < -0.4 is 5.32 Å². The number of benzene rings is 2. The summed E-state index contributed by atoms with van der Waals surface area (Å²) in [4.78, 5) is 16.6. The van der Waals surface area contributed by atoms with Gasteiger partial charge in [0.2, 0.25) is 0 Å². The van der Waals surface area contributed by atoms with E-state index in [1.54, 1.807) is 24.3 Å². The van der Waals surface area contributed by atoms with E-state index in [4.69, 9.17) is 0 Å². The Bertz CT molecular complexity index is 854. The van der Waals surface area contributed by atoms with E-state index in [0.29, 0.717) is 17.2 Å². The lowest BCUT2D eigenvalue weighted by molar-refractivity contribution is 0.102. The largest absolute Gasteiger partial charge is 0.322 e. The van der Waals surface area contributed by atoms with Gasteiger partial charge < -0.3 is 5.32 Å². The number of rotatable bonds is 4. The maximum atomic E-state index is 13.0. The van der Waals surface area contributed by atoms with Crippen LogP contribution in [0.1, 0.15) is 35.7 Å². The van der Waals surface area contributed by atoms with Crippen LogP contribution in [-0.2, 0) is 0 Å². The van der Waals surface area contributed by atoms with Crippen molar-refractivity contribution in [3.05, 3.63) is 83.8 Å². The van der Waals surface area contributed by atoms with Crippen LogP contribution in [0.5, 0.6) is 0 Å². The molecule has 3 rings (SSSR count). The van der Waals surface area contributed by atoms with Crippen LogP contribution in [-0.4, -0.2) is 10.9 Å². The highest BCUT2D eigenvalue weighted by Gasteiger charge is 2.08. The second-order valence-electron chi connectivity index (χ2n) is 6.17. The topological polar surface area (TPSA) is 42.0 Å². The lowest BCUT2D eigenvalue weighted by atomic mass is 10.0. The summed E-state index contributed by atoms with van der Waals surface area (Å²) < 4.78 is 13.0. The number of carbonyl (C=O) groups is 1. The fourth-order valence-corrected chi connectivity index (χ4v) is 2.47. The number of amides is 1. The normalized spacial score (nSPS) is 10.7. The van der Waals surface area contributed by atoms with Gasteiger partial charge in [0, 0.05) is 17.4 Å². The molecule has 0 saturated carbocycles. The van der Waals surface area contributed by atoms with Crippen molar-refractivity contribution >= 4 is 11.6 Å². The van der Waals surface area contributed by atoms with Crippen molar-refractivity contribution in [2.45, 2.75) is 19.8 Å². The van der Waals surface area contributed by atoms with Crippen LogP contribution in [0, 0.1) is 5.82 Å². The molecule has 0 fully saturated rings. The SMILES string of the molecule is CC(C)c1ccc(NC(=O)c2ccc(-c3ccc(F)cc3)nc2)cc1.